The standard InChI is InChI=1S/C36H39F8N3O5/c1-51-28-17-22(20-46-15-11-34(37,38)12-16-46)18-29(52-2)30(28)26-8-4-6-24-23(5-3-7-25(24)26)19-27(31(48)49)45-32(50)33(36(42,43)44)9-13-47(14-10-33)21-35(39,40)41/h3-8,17-18,27H,9-16,19-21H2,1-2H3,(H,45,50)(H,48,49)/t27-/m0/s1. The molecular formula is C36H39F8N3O5. The van der Waals surface area contributed by atoms with Gasteiger partial charge in [-0.25, -0.2) is 13.6 Å². The van der Waals surface area contributed by atoms with Crippen molar-refractivity contribution in [2.45, 2.75) is 63.0 Å². The Hall–Kier alpha value is -4.18. The number of nitrogens with one attached hydrogen (secondary N) is 1. The first-order chi connectivity index (χ1) is 24.4. The number of hydrogen-bond acceptors (Lipinski definition) is 6. The van der Waals surface area contributed by atoms with Gasteiger partial charge in [-0.2, -0.15) is 26.3 Å². The lowest BCUT2D eigenvalue weighted by atomic mass is 9.76. The highest BCUT2D eigenvalue weighted by molar-refractivity contribution is 6.01. The summed E-state index contributed by atoms with van der Waals surface area (Å²) in [5.41, 5.74) is -0.730. The Morgan fingerprint density at radius 1 is 0.846 bits per heavy atom. The van der Waals surface area contributed by atoms with Crippen LogP contribution < -0.4 is 14.8 Å². The number of nitrogens with zero attached hydrogens (tertiary/aromatic N) is 2. The number of carbonyl (C=O) groups is 2. The average Bonchev–Trinajstić information content (AvgIpc) is 3.07. The monoisotopic (exact) mass is 745 g/mol. The summed E-state index contributed by atoms with van der Waals surface area (Å²) < 4.78 is 121. The van der Waals surface area contributed by atoms with Gasteiger partial charge in [0.25, 0.3) is 5.92 Å². The molecule has 2 N–H and O–H groups in total. The molecule has 2 fully saturated rings. The highest BCUT2D eigenvalue weighted by Crippen LogP contribution is 2.47. The van der Waals surface area contributed by atoms with Crippen molar-refractivity contribution in [3.05, 3.63) is 59.7 Å². The van der Waals surface area contributed by atoms with Crippen LogP contribution in [0.25, 0.3) is 21.9 Å². The Bertz CT molecular complexity index is 1740. The van der Waals surface area contributed by atoms with Crippen molar-refractivity contribution in [2.75, 3.05) is 46.9 Å². The second-order valence-corrected chi connectivity index (χ2v) is 13.4. The van der Waals surface area contributed by atoms with E-state index in [-0.39, 0.29) is 25.9 Å². The highest BCUT2D eigenvalue weighted by Gasteiger charge is 2.61. The highest BCUT2D eigenvalue weighted by atomic mass is 19.4. The van der Waals surface area contributed by atoms with E-state index in [1.54, 1.807) is 48.5 Å². The van der Waals surface area contributed by atoms with Crippen LogP contribution in [0.4, 0.5) is 35.1 Å². The summed E-state index contributed by atoms with van der Waals surface area (Å²) in [5.74, 6) is -5.05. The number of benzene rings is 3. The van der Waals surface area contributed by atoms with Gasteiger partial charge in [-0.15, -0.1) is 0 Å². The van der Waals surface area contributed by atoms with Crippen LogP contribution in [-0.2, 0) is 22.6 Å². The van der Waals surface area contributed by atoms with Crippen LogP contribution in [0.3, 0.4) is 0 Å². The molecule has 0 bridgehead atoms. The van der Waals surface area contributed by atoms with E-state index in [4.69, 9.17) is 9.47 Å². The second kappa shape index (κ2) is 15.0. The third-order valence-corrected chi connectivity index (χ3v) is 9.96. The number of carboxylic acids is 1. The third kappa shape index (κ3) is 8.54. The van der Waals surface area contributed by atoms with Gasteiger partial charge in [-0.3, -0.25) is 14.6 Å². The maximum atomic E-state index is 14.4. The average molecular weight is 746 g/mol. The molecular weight excluding hydrogens is 706 g/mol. The van der Waals surface area contributed by atoms with Gasteiger partial charge in [0.15, 0.2) is 0 Å². The molecule has 0 unspecified atom stereocenters. The van der Waals surface area contributed by atoms with E-state index in [0.717, 1.165) is 10.5 Å². The number of piperidine rings is 2. The first-order valence-electron chi connectivity index (χ1n) is 16.6. The molecule has 3 aromatic rings. The van der Waals surface area contributed by atoms with Gasteiger partial charge in [0.1, 0.15) is 23.0 Å². The molecule has 2 heterocycles. The Labute approximate surface area is 294 Å². The molecule has 52 heavy (non-hydrogen) atoms. The maximum absolute atomic E-state index is 14.4. The number of carbonyl (C=O) groups excluding carboxylic acids is 1. The van der Waals surface area contributed by atoms with Crippen LogP contribution in [-0.4, -0.2) is 98.0 Å². The van der Waals surface area contributed by atoms with Crippen LogP contribution in [0.15, 0.2) is 48.5 Å². The minimum absolute atomic E-state index is 0.223. The summed E-state index contributed by atoms with van der Waals surface area (Å²) in [6, 6.07) is 11.9. The van der Waals surface area contributed by atoms with E-state index < -0.39 is 80.5 Å². The molecule has 1 atom stereocenters. The molecule has 284 valence electrons. The predicted molar refractivity (Wildman–Crippen MR) is 175 cm³/mol. The largest absolute Gasteiger partial charge is 0.496 e. The van der Waals surface area contributed by atoms with E-state index in [1.807, 2.05) is 4.90 Å². The van der Waals surface area contributed by atoms with Crippen molar-refractivity contribution < 1.29 is 59.3 Å². The number of likely N-dealkylation sites (tertiary alicyclic amines) is 2. The number of halogens is 8. The Morgan fingerprint density at radius 2 is 1.40 bits per heavy atom. The van der Waals surface area contributed by atoms with Gasteiger partial charge < -0.3 is 19.9 Å². The summed E-state index contributed by atoms with van der Waals surface area (Å²) in [5, 5.41) is 13.2. The number of hydrogen-bond donors (Lipinski definition) is 2. The van der Waals surface area contributed by atoms with Crippen molar-refractivity contribution in [1.29, 1.82) is 0 Å². The minimum atomic E-state index is -5.14. The van der Waals surface area contributed by atoms with E-state index >= 15 is 0 Å². The first-order valence-corrected chi connectivity index (χ1v) is 16.6. The lowest BCUT2D eigenvalue weighted by Gasteiger charge is -2.42. The topological polar surface area (TPSA) is 91.3 Å². The zero-order chi connectivity index (χ0) is 38.1. The van der Waals surface area contributed by atoms with E-state index in [9.17, 15) is 49.8 Å². The van der Waals surface area contributed by atoms with Crippen molar-refractivity contribution >= 4 is 22.6 Å². The van der Waals surface area contributed by atoms with Gasteiger partial charge in [0, 0.05) is 38.9 Å². The third-order valence-electron chi connectivity index (χ3n) is 9.96. The molecule has 0 aliphatic carbocycles. The Kier molecular flexibility index (Phi) is 11.3. The number of carboxylic acid groups (broad SMARTS) is 1. The number of methoxy groups -OCH3 is 2. The molecule has 0 aromatic heterocycles. The number of amides is 1. The number of alkyl halides is 8. The van der Waals surface area contributed by atoms with Crippen LogP contribution in [0.1, 0.15) is 36.8 Å². The smallest absolute Gasteiger partial charge is 0.403 e. The molecule has 5 rings (SSSR count). The molecule has 2 saturated heterocycles. The van der Waals surface area contributed by atoms with Gasteiger partial charge in [-0.1, -0.05) is 36.4 Å². The molecule has 8 nitrogen and oxygen atoms in total. The molecule has 0 saturated carbocycles. The van der Waals surface area contributed by atoms with Crippen molar-refractivity contribution in [2.24, 2.45) is 5.41 Å². The summed E-state index contributed by atoms with van der Waals surface area (Å²) in [4.78, 5) is 28.4. The van der Waals surface area contributed by atoms with Gasteiger partial charge >= 0.3 is 18.3 Å². The van der Waals surface area contributed by atoms with Gasteiger partial charge in [-0.05, 0) is 65.5 Å². The second-order valence-electron chi connectivity index (χ2n) is 13.4. The normalized spacial score (nSPS) is 18.9. The molecule has 0 radical (unpaired) electrons. The van der Waals surface area contributed by atoms with Crippen LogP contribution in [0.2, 0.25) is 0 Å². The lowest BCUT2D eigenvalue weighted by molar-refractivity contribution is -0.236. The van der Waals surface area contributed by atoms with E-state index in [0.29, 0.717) is 45.5 Å². The van der Waals surface area contributed by atoms with E-state index in [2.05, 4.69) is 5.32 Å². The fraction of sp³-hybridized carbons (Fsp3) is 0.500. The molecule has 1 amide bonds. The predicted octanol–water partition coefficient (Wildman–Crippen LogP) is 7.07. The fourth-order valence-corrected chi connectivity index (χ4v) is 7.09. The molecule has 2 aliphatic heterocycles. The number of fused-ring (bicyclic) bond motifs is 1. The van der Waals surface area contributed by atoms with Crippen molar-refractivity contribution in [1.82, 2.24) is 15.1 Å². The molecule has 0 spiro atoms. The van der Waals surface area contributed by atoms with E-state index in [1.165, 1.54) is 14.2 Å². The van der Waals surface area contributed by atoms with Gasteiger partial charge in [0.2, 0.25) is 5.91 Å². The molecule has 16 heteroatoms. The van der Waals surface area contributed by atoms with Crippen molar-refractivity contribution in [3.63, 3.8) is 0 Å². The van der Waals surface area contributed by atoms with Crippen LogP contribution in [0, 0.1) is 5.41 Å². The SMILES string of the molecule is COc1cc(CN2CCC(F)(F)CC2)cc(OC)c1-c1cccc2c(C[C@H](NC(=O)C3(C(F)(F)F)CCN(CC(F)(F)F)CC3)C(=O)O)cccc12. The van der Waals surface area contributed by atoms with Crippen LogP contribution in [0.5, 0.6) is 11.5 Å². The minimum Gasteiger partial charge on any atom is -0.496 e. The maximum Gasteiger partial charge on any atom is 0.403 e. The summed E-state index contributed by atoms with van der Waals surface area (Å²) in [6.45, 7) is -1.90. The Balaban J connectivity index is 1.42. The quantitative estimate of drug-likeness (QED) is 0.203. The Morgan fingerprint density at radius 3 is 1.94 bits per heavy atom. The summed E-state index contributed by atoms with van der Waals surface area (Å²) in [7, 11) is 2.93. The number of aliphatic carboxylic acids is 1. The zero-order valence-electron chi connectivity index (χ0n) is 28.5. The first kappa shape index (κ1) is 39.0. The summed E-state index contributed by atoms with van der Waals surface area (Å²) in [6.07, 6.45) is -12.6. The van der Waals surface area contributed by atoms with Crippen molar-refractivity contribution in [3.8, 4) is 22.6 Å². The van der Waals surface area contributed by atoms with Crippen LogP contribution >= 0.6 is 0 Å². The van der Waals surface area contributed by atoms with Gasteiger partial charge in [0.05, 0.1) is 26.3 Å². The molecule has 2 aliphatic rings. The lowest BCUT2D eigenvalue weighted by Crippen LogP contribution is -2.59. The molecule has 3 aromatic carbocycles. The number of rotatable bonds is 11. The fourth-order valence-electron chi connectivity index (χ4n) is 7.09. The number of ether oxygens (including phenoxy) is 2. The summed E-state index contributed by atoms with van der Waals surface area (Å²) >= 11 is 0. The zero-order valence-corrected chi connectivity index (χ0v) is 28.5.